The van der Waals surface area contributed by atoms with E-state index in [-0.39, 0.29) is 57.4 Å². The minimum Gasteiger partial charge on any atom is -0.443 e. The van der Waals surface area contributed by atoms with Crippen LogP contribution in [0.4, 0.5) is 4.79 Å². The minimum atomic E-state index is -0.820. The molecule has 1 aliphatic heterocycles. The molecule has 14 nitrogen and oxygen atoms in total. The van der Waals surface area contributed by atoms with Crippen molar-refractivity contribution in [2.24, 2.45) is 0 Å². The molecule has 2 aromatic rings. The lowest BCUT2D eigenvalue weighted by atomic mass is 10.1. The number of aliphatic hydroxyl groups excluding tert-OH is 1. The SMILES string of the molecule is O=C(NCCOCCOCCOCCOCCCCCCCl)OCc1cc(CC(=O)N2C[C@H](O)C[C@H]2C(=O)NCc2ccc(Cl)cc2)on1. The van der Waals surface area contributed by atoms with Gasteiger partial charge in [-0.05, 0) is 30.5 Å². The number of benzene rings is 1. The summed E-state index contributed by atoms with van der Waals surface area (Å²) in [5.74, 6) is 0.190. The quantitative estimate of drug-likeness (QED) is 0.101. The molecule has 3 N–H and O–H groups in total. The number of nitrogens with one attached hydrogen (secondary N) is 2. The van der Waals surface area contributed by atoms with Crippen LogP contribution in [0.5, 0.6) is 0 Å². The van der Waals surface area contributed by atoms with Gasteiger partial charge in [0.05, 0.1) is 58.8 Å². The number of aromatic nitrogens is 1. The maximum absolute atomic E-state index is 13.0. The van der Waals surface area contributed by atoms with Crippen LogP contribution in [0, 0.1) is 0 Å². The third-order valence-electron chi connectivity index (χ3n) is 7.37. The Labute approximate surface area is 297 Å². The van der Waals surface area contributed by atoms with E-state index in [1.165, 1.54) is 11.0 Å². The van der Waals surface area contributed by atoms with Gasteiger partial charge in [-0.1, -0.05) is 41.7 Å². The number of nitrogens with zero attached hydrogens (tertiary/aromatic N) is 2. The zero-order chi connectivity index (χ0) is 35.1. The fraction of sp³-hybridized carbons (Fsp3) is 0.636. The molecule has 0 bridgehead atoms. The Balaban J connectivity index is 1.19. The van der Waals surface area contributed by atoms with E-state index in [1.54, 1.807) is 24.3 Å². The number of halogens is 2. The highest BCUT2D eigenvalue weighted by molar-refractivity contribution is 6.30. The first-order chi connectivity index (χ1) is 23.9. The van der Waals surface area contributed by atoms with Crippen molar-refractivity contribution < 1.29 is 47.7 Å². The molecule has 16 heteroatoms. The van der Waals surface area contributed by atoms with Crippen molar-refractivity contribution in [1.82, 2.24) is 20.7 Å². The van der Waals surface area contributed by atoms with Gasteiger partial charge in [-0.25, -0.2) is 4.79 Å². The molecule has 0 spiro atoms. The van der Waals surface area contributed by atoms with E-state index in [1.807, 2.05) is 0 Å². The monoisotopic (exact) mass is 730 g/mol. The molecule has 0 saturated carbocycles. The van der Waals surface area contributed by atoms with Crippen molar-refractivity contribution in [2.45, 2.75) is 63.8 Å². The first kappa shape index (κ1) is 40.4. The predicted molar refractivity (Wildman–Crippen MR) is 180 cm³/mol. The Morgan fingerprint density at radius 1 is 0.898 bits per heavy atom. The Morgan fingerprint density at radius 3 is 2.24 bits per heavy atom. The fourth-order valence-corrected chi connectivity index (χ4v) is 5.15. The van der Waals surface area contributed by atoms with Crippen molar-refractivity contribution >= 4 is 41.1 Å². The summed E-state index contributed by atoms with van der Waals surface area (Å²) < 4.78 is 32.2. The van der Waals surface area contributed by atoms with Gasteiger partial charge in [0.1, 0.15) is 24.1 Å². The first-order valence-electron chi connectivity index (χ1n) is 16.6. The maximum Gasteiger partial charge on any atom is 0.407 e. The molecule has 2 atom stereocenters. The van der Waals surface area contributed by atoms with Crippen molar-refractivity contribution in [1.29, 1.82) is 0 Å². The number of hydrogen-bond donors (Lipinski definition) is 3. The summed E-state index contributed by atoms with van der Waals surface area (Å²) in [5, 5.41) is 20.0. The molecule has 49 heavy (non-hydrogen) atoms. The number of aliphatic hydroxyl groups is 1. The Hall–Kier alpha value is -2.98. The molecule has 1 aromatic carbocycles. The molecule has 3 amide bonds. The zero-order valence-corrected chi connectivity index (χ0v) is 29.3. The van der Waals surface area contributed by atoms with Crippen molar-refractivity contribution in [2.75, 3.05) is 71.8 Å². The second-order valence-electron chi connectivity index (χ2n) is 11.3. The first-order valence-corrected chi connectivity index (χ1v) is 17.5. The lowest BCUT2D eigenvalue weighted by Gasteiger charge is -2.23. The summed E-state index contributed by atoms with van der Waals surface area (Å²) in [5.41, 5.74) is 1.17. The van der Waals surface area contributed by atoms with Crippen LogP contribution in [0.2, 0.25) is 5.02 Å². The van der Waals surface area contributed by atoms with Crippen LogP contribution < -0.4 is 10.6 Å². The van der Waals surface area contributed by atoms with E-state index in [0.717, 1.165) is 37.9 Å². The zero-order valence-electron chi connectivity index (χ0n) is 27.7. The van der Waals surface area contributed by atoms with Gasteiger partial charge in [0, 0.05) is 49.6 Å². The highest BCUT2D eigenvalue weighted by Crippen LogP contribution is 2.20. The van der Waals surface area contributed by atoms with Gasteiger partial charge in [-0.2, -0.15) is 0 Å². The molecule has 0 radical (unpaired) electrons. The molecule has 1 aromatic heterocycles. The number of carbonyl (C=O) groups is 3. The predicted octanol–water partition coefficient (Wildman–Crippen LogP) is 3.24. The number of amides is 3. The lowest BCUT2D eigenvalue weighted by molar-refractivity contribution is -0.138. The van der Waals surface area contributed by atoms with Gasteiger partial charge in [-0.15, -0.1) is 11.6 Å². The lowest BCUT2D eigenvalue weighted by Crippen LogP contribution is -2.46. The molecular weight excluding hydrogens is 683 g/mol. The van der Waals surface area contributed by atoms with Crippen LogP contribution in [-0.4, -0.2) is 117 Å². The molecular formula is C33H48Cl2N4O10. The van der Waals surface area contributed by atoms with Gasteiger partial charge in [0.2, 0.25) is 11.8 Å². The van der Waals surface area contributed by atoms with E-state index < -0.39 is 24.1 Å². The summed E-state index contributed by atoms with van der Waals surface area (Å²) >= 11 is 11.6. The third-order valence-corrected chi connectivity index (χ3v) is 7.89. The van der Waals surface area contributed by atoms with Crippen LogP contribution in [0.25, 0.3) is 0 Å². The number of unbranched alkanes of at least 4 members (excludes halogenated alkanes) is 3. The van der Waals surface area contributed by atoms with Gasteiger partial charge in [-0.3, -0.25) is 9.59 Å². The summed E-state index contributed by atoms with van der Waals surface area (Å²) in [6.45, 7) is 4.18. The number of alkyl carbamates (subject to hydrolysis) is 1. The molecule has 274 valence electrons. The van der Waals surface area contributed by atoms with Gasteiger partial charge in [0.25, 0.3) is 0 Å². The minimum absolute atomic E-state index is 0.0289. The molecule has 1 saturated heterocycles. The number of alkyl halides is 1. The number of ether oxygens (including phenoxy) is 5. The molecule has 1 fully saturated rings. The fourth-order valence-electron chi connectivity index (χ4n) is 4.83. The van der Waals surface area contributed by atoms with E-state index in [0.29, 0.717) is 56.2 Å². The maximum atomic E-state index is 13.0. The summed E-state index contributed by atoms with van der Waals surface area (Å²) in [4.78, 5) is 39.2. The molecule has 0 unspecified atom stereocenters. The van der Waals surface area contributed by atoms with Gasteiger partial charge >= 0.3 is 6.09 Å². The average Bonchev–Trinajstić information content (AvgIpc) is 3.72. The largest absolute Gasteiger partial charge is 0.443 e. The average molecular weight is 732 g/mol. The van der Waals surface area contributed by atoms with Crippen molar-refractivity contribution in [3.05, 3.63) is 52.4 Å². The number of carbonyl (C=O) groups excluding carboxylic acids is 3. The van der Waals surface area contributed by atoms with E-state index >= 15 is 0 Å². The Morgan fingerprint density at radius 2 is 1.55 bits per heavy atom. The standard InChI is InChI=1S/C33H48Cl2N4O10/c34-9-3-1-2-4-11-44-13-15-46-17-18-47-16-14-45-12-10-36-33(43)48-24-27-19-29(49-38-27)21-31(41)39-23-28(40)20-30(39)32(42)37-22-25-5-7-26(35)8-6-25/h5-8,19,28,30,40H,1-4,9-18,20-24H2,(H,36,43)(H,37,42)/t28-,30+/m1/s1. The topological polar surface area (TPSA) is 171 Å². The smallest absolute Gasteiger partial charge is 0.407 e. The van der Waals surface area contributed by atoms with E-state index in [2.05, 4.69) is 15.8 Å². The highest BCUT2D eigenvalue weighted by atomic mass is 35.5. The van der Waals surface area contributed by atoms with Crippen LogP contribution in [0.3, 0.4) is 0 Å². The number of β-amino-alcohol motifs (C(OH)–C–C–N with tert-alkyl or cyclic N) is 1. The van der Waals surface area contributed by atoms with Gasteiger partial charge < -0.3 is 48.8 Å². The molecule has 2 heterocycles. The normalized spacial score (nSPS) is 15.8. The summed E-state index contributed by atoms with van der Waals surface area (Å²) in [6, 6.07) is 7.72. The number of likely N-dealkylation sites (tertiary alicyclic amines) is 1. The summed E-state index contributed by atoms with van der Waals surface area (Å²) in [6.07, 6.45) is 2.84. The Bertz CT molecular complexity index is 1240. The number of hydrogen-bond acceptors (Lipinski definition) is 11. The van der Waals surface area contributed by atoms with Crippen molar-refractivity contribution in [3.63, 3.8) is 0 Å². The van der Waals surface area contributed by atoms with Crippen molar-refractivity contribution in [3.8, 4) is 0 Å². The Kier molecular flexibility index (Phi) is 20.0. The number of rotatable bonds is 25. The second kappa shape index (κ2) is 24.2. The third kappa shape index (κ3) is 17.0. The van der Waals surface area contributed by atoms with Crippen LogP contribution in [0.15, 0.2) is 34.9 Å². The van der Waals surface area contributed by atoms with E-state index in [9.17, 15) is 19.5 Å². The van der Waals surface area contributed by atoms with Gasteiger partial charge in [0.15, 0.2) is 0 Å². The highest BCUT2D eigenvalue weighted by Gasteiger charge is 2.39. The molecule has 0 aliphatic carbocycles. The molecule has 3 rings (SSSR count). The van der Waals surface area contributed by atoms with E-state index in [4.69, 9.17) is 51.4 Å². The second-order valence-corrected chi connectivity index (χ2v) is 12.1. The molecule has 1 aliphatic rings. The van der Waals surface area contributed by atoms with Crippen LogP contribution >= 0.6 is 23.2 Å². The van der Waals surface area contributed by atoms with Crippen LogP contribution in [0.1, 0.15) is 49.1 Å². The summed E-state index contributed by atoms with van der Waals surface area (Å²) in [7, 11) is 0. The van der Waals surface area contributed by atoms with Crippen LogP contribution in [-0.2, 0) is 52.8 Å².